The van der Waals surface area contributed by atoms with E-state index in [1.54, 1.807) is 18.2 Å². The Bertz CT molecular complexity index is 1130. The molecule has 2 aliphatic rings. The minimum atomic E-state index is -3.56. The third kappa shape index (κ3) is 4.65. The highest BCUT2D eigenvalue weighted by Gasteiger charge is 2.33. The van der Waals surface area contributed by atoms with Crippen LogP contribution < -0.4 is 10.1 Å². The Morgan fingerprint density at radius 3 is 2.47 bits per heavy atom. The molecule has 1 aliphatic heterocycles. The molecule has 0 aromatic heterocycles. The number of piperidine rings is 1. The molecule has 1 fully saturated rings. The maximum Gasteiger partial charge on any atom is 0.243 e. The normalized spacial score (nSPS) is 17.6. The monoisotopic (exact) mass is 476 g/mol. The quantitative estimate of drug-likeness (QED) is 0.685. The van der Waals surface area contributed by atoms with Gasteiger partial charge in [0.05, 0.1) is 17.7 Å². The van der Waals surface area contributed by atoms with Gasteiger partial charge < -0.3 is 10.1 Å². The Morgan fingerprint density at radius 1 is 1.09 bits per heavy atom. The Hall–Kier alpha value is -2.09. The molecule has 0 unspecified atom stereocenters. The zero-order valence-corrected chi connectivity index (χ0v) is 20.1. The number of rotatable bonds is 5. The standard InChI is InChI=1S/C24H29ClN2O4S/c1-16-13-22(23(31-2)15-21(16)25)26-24(28)18-9-11-27(12-10-18)32(29,30)20-8-7-17-5-3-4-6-19(17)14-20/h7-8,13-15,18H,3-6,9-12H2,1-2H3,(H,26,28). The number of hydrogen-bond acceptors (Lipinski definition) is 4. The summed E-state index contributed by atoms with van der Waals surface area (Å²) >= 11 is 6.14. The van der Waals surface area contributed by atoms with E-state index >= 15 is 0 Å². The van der Waals surface area contributed by atoms with Crippen molar-refractivity contribution in [2.75, 3.05) is 25.5 Å². The highest BCUT2D eigenvalue weighted by molar-refractivity contribution is 7.89. The summed E-state index contributed by atoms with van der Waals surface area (Å²) in [6, 6.07) is 9.00. The van der Waals surface area contributed by atoms with Crippen molar-refractivity contribution in [3.63, 3.8) is 0 Å². The highest BCUT2D eigenvalue weighted by atomic mass is 35.5. The predicted molar refractivity (Wildman–Crippen MR) is 126 cm³/mol. The molecule has 0 atom stereocenters. The maximum absolute atomic E-state index is 13.2. The fourth-order valence-corrected chi connectivity index (χ4v) is 6.22. The third-order valence-electron chi connectivity index (χ3n) is 6.52. The predicted octanol–water partition coefficient (Wildman–Crippen LogP) is 4.58. The van der Waals surface area contributed by atoms with Gasteiger partial charge in [-0.3, -0.25) is 4.79 Å². The summed E-state index contributed by atoms with van der Waals surface area (Å²) in [6.07, 6.45) is 5.18. The number of halogens is 1. The molecule has 1 saturated heterocycles. The number of benzene rings is 2. The topological polar surface area (TPSA) is 75.7 Å². The zero-order chi connectivity index (χ0) is 22.9. The summed E-state index contributed by atoms with van der Waals surface area (Å²) in [5.41, 5.74) is 3.83. The number of nitrogens with zero attached hydrogens (tertiary/aromatic N) is 1. The fraction of sp³-hybridized carbons (Fsp3) is 0.458. The molecule has 0 bridgehead atoms. The Morgan fingerprint density at radius 2 is 1.78 bits per heavy atom. The number of fused-ring (bicyclic) bond motifs is 1. The number of amides is 1. The first-order valence-electron chi connectivity index (χ1n) is 11.1. The number of methoxy groups -OCH3 is 1. The summed E-state index contributed by atoms with van der Waals surface area (Å²) in [4.78, 5) is 13.2. The van der Waals surface area contributed by atoms with Crippen LogP contribution in [0.3, 0.4) is 0 Å². The lowest BCUT2D eigenvalue weighted by Gasteiger charge is -2.31. The number of aryl methyl sites for hydroxylation is 3. The van der Waals surface area contributed by atoms with E-state index in [9.17, 15) is 13.2 Å². The lowest BCUT2D eigenvalue weighted by Crippen LogP contribution is -2.41. The van der Waals surface area contributed by atoms with E-state index in [2.05, 4.69) is 5.32 Å². The number of ether oxygens (including phenoxy) is 1. The zero-order valence-electron chi connectivity index (χ0n) is 18.5. The molecule has 1 amide bonds. The van der Waals surface area contributed by atoms with Gasteiger partial charge in [-0.15, -0.1) is 0 Å². The van der Waals surface area contributed by atoms with Crippen molar-refractivity contribution in [3.8, 4) is 5.75 Å². The number of anilines is 1. The van der Waals surface area contributed by atoms with Gasteiger partial charge in [0.2, 0.25) is 15.9 Å². The smallest absolute Gasteiger partial charge is 0.243 e. The van der Waals surface area contributed by atoms with Crippen molar-refractivity contribution in [3.05, 3.63) is 52.0 Å². The molecule has 32 heavy (non-hydrogen) atoms. The van der Waals surface area contributed by atoms with E-state index in [1.165, 1.54) is 17.0 Å². The van der Waals surface area contributed by atoms with Gasteiger partial charge in [0.1, 0.15) is 5.75 Å². The van der Waals surface area contributed by atoms with E-state index in [4.69, 9.17) is 16.3 Å². The van der Waals surface area contributed by atoms with Gasteiger partial charge in [-0.1, -0.05) is 17.7 Å². The molecule has 0 saturated carbocycles. The van der Waals surface area contributed by atoms with Gasteiger partial charge in [0, 0.05) is 30.1 Å². The molecular weight excluding hydrogens is 448 g/mol. The number of carbonyl (C=O) groups is 1. The van der Waals surface area contributed by atoms with E-state index < -0.39 is 10.0 Å². The first kappa shape index (κ1) is 23.1. The van der Waals surface area contributed by atoms with Crippen LogP contribution in [0.2, 0.25) is 5.02 Å². The molecule has 0 spiro atoms. The van der Waals surface area contributed by atoms with E-state index in [0.717, 1.165) is 36.8 Å². The summed E-state index contributed by atoms with van der Waals surface area (Å²) in [5.74, 6) is 0.114. The van der Waals surface area contributed by atoms with Crippen LogP contribution in [-0.2, 0) is 27.7 Å². The molecule has 172 valence electrons. The van der Waals surface area contributed by atoms with Crippen molar-refractivity contribution in [2.24, 2.45) is 5.92 Å². The van der Waals surface area contributed by atoms with Crippen LogP contribution in [0.1, 0.15) is 42.4 Å². The number of nitrogens with one attached hydrogen (secondary N) is 1. The Balaban J connectivity index is 1.42. The summed E-state index contributed by atoms with van der Waals surface area (Å²) in [5, 5.41) is 3.50. The maximum atomic E-state index is 13.2. The molecule has 1 heterocycles. The van der Waals surface area contributed by atoms with Gasteiger partial charge in [0.25, 0.3) is 0 Å². The van der Waals surface area contributed by atoms with Gasteiger partial charge in [-0.25, -0.2) is 8.42 Å². The largest absolute Gasteiger partial charge is 0.495 e. The van der Waals surface area contributed by atoms with Crippen molar-refractivity contribution in [2.45, 2.75) is 50.3 Å². The van der Waals surface area contributed by atoms with Gasteiger partial charge in [-0.05, 0) is 80.3 Å². The molecule has 1 N–H and O–H groups in total. The molecule has 1 aliphatic carbocycles. The first-order valence-corrected chi connectivity index (χ1v) is 12.9. The average molecular weight is 477 g/mol. The molecule has 6 nitrogen and oxygen atoms in total. The van der Waals surface area contributed by atoms with Crippen LogP contribution in [0.5, 0.6) is 5.75 Å². The third-order valence-corrected chi connectivity index (χ3v) is 8.82. The van der Waals surface area contributed by atoms with Crippen molar-refractivity contribution in [1.29, 1.82) is 0 Å². The van der Waals surface area contributed by atoms with E-state index in [1.807, 2.05) is 19.1 Å². The average Bonchev–Trinajstić information content (AvgIpc) is 2.81. The molecule has 0 radical (unpaired) electrons. The van der Waals surface area contributed by atoms with Gasteiger partial charge in [0.15, 0.2) is 0 Å². The molecule has 2 aromatic rings. The van der Waals surface area contributed by atoms with Gasteiger partial charge >= 0.3 is 0 Å². The highest BCUT2D eigenvalue weighted by Crippen LogP contribution is 2.33. The van der Waals surface area contributed by atoms with Crippen LogP contribution in [0, 0.1) is 12.8 Å². The second kappa shape index (κ2) is 9.41. The Labute approximate surface area is 195 Å². The number of hydrogen-bond donors (Lipinski definition) is 1. The fourth-order valence-electron chi connectivity index (χ4n) is 4.54. The first-order chi connectivity index (χ1) is 15.3. The second-order valence-corrected chi connectivity index (χ2v) is 11.0. The SMILES string of the molecule is COc1cc(Cl)c(C)cc1NC(=O)C1CCN(S(=O)(=O)c2ccc3c(c2)CCCC3)CC1. The van der Waals surface area contributed by atoms with Crippen LogP contribution in [0.25, 0.3) is 0 Å². The van der Waals surface area contributed by atoms with E-state index in [-0.39, 0.29) is 11.8 Å². The van der Waals surface area contributed by atoms with Crippen molar-refractivity contribution in [1.82, 2.24) is 4.31 Å². The molecule has 4 rings (SSSR count). The number of carbonyl (C=O) groups excluding carboxylic acids is 1. The Kier molecular flexibility index (Phi) is 6.79. The molecular formula is C24H29ClN2O4S. The summed E-state index contributed by atoms with van der Waals surface area (Å²) in [7, 11) is -2.03. The minimum Gasteiger partial charge on any atom is -0.495 e. The van der Waals surface area contributed by atoms with Crippen LogP contribution >= 0.6 is 11.6 Å². The minimum absolute atomic E-state index is 0.129. The summed E-state index contributed by atoms with van der Waals surface area (Å²) in [6.45, 7) is 2.52. The second-order valence-electron chi connectivity index (χ2n) is 8.61. The van der Waals surface area contributed by atoms with Crippen LogP contribution in [-0.4, -0.2) is 38.8 Å². The molecule has 8 heteroatoms. The lowest BCUT2D eigenvalue weighted by molar-refractivity contribution is -0.120. The van der Waals surface area contributed by atoms with Crippen LogP contribution in [0.4, 0.5) is 5.69 Å². The van der Waals surface area contributed by atoms with E-state index in [0.29, 0.717) is 47.3 Å². The van der Waals surface area contributed by atoms with Crippen molar-refractivity contribution < 1.29 is 17.9 Å². The lowest BCUT2D eigenvalue weighted by atomic mass is 9.92. The number of sulfonamides is 1. The summed E-state index contributed by atoms with van der Waals surface area (Å²) < 4.78 is 33.2. The molecule has 2 aromatic carbocycles. The van der Waals surface area contributed by atoms with Crippen LogP contribution in [0.15, 0.2) is 35.2 Å². The van der Waals surface area contributed by atoms with Crippen molar-refractivity contribution >= 4 is 33.2 Å². The van der Waals surface area contributed by atoms with Gasteiger partial charge in [-0.2, -0.15) is 4.31 Å².